The van der Waals surface area contributed by atoms with Crippen LogP contribution in [0.2, 0.25) is 0 Å². The van der Waals surface area contributed by atoms with Gasteiger partial charge in [-0.25, -0.2) is 0 Å². The van der Waals surface area contributed by atoms with Crippen molar-refractivity contribution < 1.29 is 14.5 Å². The zero-order valence-electron chi connectivity index (χ0n) is 6.95. The fraction of sp³-hybridized carbons (Fsp3) is 0.500. The molecule has 0 amide bonds. The first kappa shape index (κ1) is 9.19. The lowest BCUT2D eigenvalue weighted by Crippen LogP contribution is -2.41. The first-order valence-corrected chi connectivity index (χ1v) is 4.82. The number of thiazole rings is 1. The van der Waals surface area contributed by atoms with E-state index in [0.29, 0.717) is 5.01 Å². The number of carboxylic acid groups (broad SMARTS) is 1. The van der Waals surface area contributed by atoms with Crippen LogP contribution in [0.25, 0.3) is 0 Å². The Morgan fingerprint density at radius 2 is 2.50 bits per heavy atom. The summed E-state index contributed by atoms with van der Waals surface area (Å²) >= 11 is 1.21. The molecule has 0 spiro atoms. The minimum atomic E-state index is -1.08. The van der Waals surface area contributed by atoms with Gasteiger partial charge in [-0.3, -0.25) is 0 Å². The maximum atomic E-state index is 10.5. The van der Waals surface area contributed by atoms with Crippen molar-refractivity contribution >= 4 is 17.3 Å². The number of nitrogens with zero attached hydrogens (tertiary/aromatic N) is 1. The molecule has 0 radical (unpaired) electrons. The zero-order valence-corrected chi connectivity index (χ0v) is 7.76. The molecule has 4 heteroatoms. The van der Waals surface area contributed by atoms with E-state index in [-0.39, 0.29) is 0 Å². The summed E-state index contributed by atoms with van der Waals surface area (Å²) in [5.41, 5.74) is 0. The Labute approximate surface area is 75.3 Å². The molecule has 3 nitrogen and oxygen atoms in total. The number of aromatic nitrogens is 1. The highest BCUT2D eigenvalue weighted by molar-refractivity contribution is 7.11. The number of hydrogen-bond donors (Lipinski definition) is 0. The van der Waals surface area contributed by atoms with Crippen LogP contribution in [0.1, 0.15) is 29.6 Å². The summed E-state index contributed by atoms with van der Waals surface area (Å²) in [7, 11) is 0. The minimum Gasteiger partial charge on any atom is -0.539 e. The Balaban J connectivity index is 2.70. The zero-order chi connectivity index (χ0) is 8.97. The van der Waals surface area contributed by atoms with Crippen molar-refractivity contribution in [1.29, 1.82) is 0 Å². The molecule has 0 N–H and O–H groups in total. The second kappa shape index (κ2) is 4.21. The third-order valence-electron chi connectivity index (χ3n) is 1.61. The van der Waals surface area contributed by atoms with Crippen LogP contribution in [-0.4, -0.2) is 5.97 Å². The molecule has 0 atom stereocenters. The number of hydrogen-bond acceptors (Lipinski definition) is 3. The van der Waals surface area contributed by atoms with E-state index in [2.05, 4.69) is 6.92 Å². The topological polar surface area (TPSA) is 44.0 Å². The van der Waals surface area contributed by atoms with Crippen LogP contribution >= 0.6 is 11.3 Å². The number of carboxylic acids is 1. The molecule has 0 aliphatic carbocycles. The number of aryl methyl sites for hydroxylation is 1. The van der Waals surface area contributed by atoms with Gasteiger partial charge < -0.3 is 9.90 Å². The van der Waals surface area contributed by atoms with E-state index in [1.165, 1.54) is 11.3 Å². The number of carbonyl (C=O) groups excluding carboxylic acids is 1. The summed E-state index contributed by atoms with van der Waals surface area (Å²) in [5, 5.41) is 12.6. The largest absolute Gasteiger partial charge is 0.539 e. The maximum absolute atomic E-state index is 10.5. The van der Waals surface area contributed by atoms with E-state index < -0.39 is 5.97 Å². The highest BCUT2D eigenvalue weighted by Crippen LogP contribution is 2.01. The van der Waals surface area contributed by atoms with Gasteiger partial charge in [0.05, 0.1) is 5.38 Å². The minimum absolute atomic E-state index is 0.309. The fourth-order valence-electron chi connectivity index (χ4n) is 0.974. The Morgan fingerprint density at radius 3 is 3.08 bits per heavy atom. The molecule has 1 rings (SSSR count). The highest BCUT2D eigenvalue weighted by Gasteiger charge is 2.11. The SMILES string of the molecule is CCCC[n+]1ccsc1C(=O)[O-]. The lowest BCUT2D eigenvalue weighted by atomic mass is 10.3. The molecule has 66 valence electrons. The van der Waals surface area contributed by atoms with Crippen molar-refractivity contribution in [1.82, 2.24) is 0 Å². The molecule has 0 aliphatic heterocycles. The van der Waals surface area contributed by atoms with E-state index in [0.717, 1.165) is 19.4 Å². The Bertz CT molecular complexity index is 270. The smallest absolute Gasteiger partial charge is 0.284 e. The van der Waals surface area contributed by atoms with Crippen LogP contribution in [0.4, 0.5) is 0 Å². The van der Waals surface area contributed by atoms with Gasteiger partial charge in [0.2, 0.25) is 0 Å². The molecule has 0 bridgehead atoms. The summed E-state index contributed by atoms with van der Waals surface area (Å²) in [6.45, 7) is 2.84. The van der Waals surface area contributed by atoms with Gasteiger partial charge in [0, 0.05) is 6.42 Å². The van der Waals surface area contributed by atoms with Crippen LogP contribution in [0.5, 0.6) is 0 Å². The molecule has 0 aromatic carbocycles. The third kappa shape index (κ3) is 2.04. The van der Waals surface area contributed by atoms with Crippen LogP contribution in [0.15, 0.2) is 11.6 Å². The number of rotatable bonds is 4. The van der Waals surface area contributed by atoms with Gasteiger partial charge in [0.1, 0.15) is 6.54 Å². The lowest BCUT2D eigenvalue weighted by molar-refractivity contribution is -0.696. The van der Waals surface area contributed by atoms with Gasteiger partial charge in [0.15, 0.2) is 12.2 Å². The normalized spacial score (nSPS) is 10.1. The van der Waals surface area contributed by atoms with Crippen molar-refractivity contribution in [2.75, 3.05) is 0 Å². The fourth-order valence-corrected chi connectivity index (χ4v) is 1.69. The van der Waals surface area contributed by atoms with Gasteiger partial charge >= 0.3 is 0 Å². The van der Waals surface area contributed by atoms with Crippen LogP contribution in [0, 0.1) is 0 Å². The first-order valence-electron chi connectivity index (χ1n) is 3.94. The molecule has 0 saturated carbocycles. The Hall–Kier alpha value is -0.900. The quantitative estimate of drug-likeness (QED) is 0.629. The number of unbranched alkanes of at least 4 members (excludes halogenated alkanes) is 1. The second-order valence-electron chi connectivity index (χ2n) is 2.54. The molecular weight excluding hydrogens is 174 g/mol. The summed E-state index contributed by atoms with van der Waals surface area (Å²) in [6.07, 6.45) is 3.85. The standard InChI is InChI=1S/C8H11NO2S/c1-2-3-4-9-5-6-12-7(9)8(10)11/h5-6H,2-4H2,1H3. The summed E-state index contributed by atoms with van der Waals surface area (Å²) in [4.78, 5) is 10.5. The lowest BCUT2D eigenvalue weighted by Gasteiger charge is -1.96. The molecule has 0 saturated heterocycles. The number of aromatic carboxylic acids is 1. The average Bonchev–Trinajstić information content (AvgIpc) is 2.48. The van der Waals surface area contributed by atoms with E-state index >= 15 is 0 Å². The summed E-state index contributed by atoms with van der Waals surface area (Å²) < 4.78 is 1.73. The van der Waals surface area contributed by atoms with Crippen LogP contribution in [-0.2, 0) is 6.54 Å². The second-order valence-corrected chi connectivity index (χ2v) is 3.44. The van der Waals surface area contributed by atoms with E-state index in [9.17, 15) is 9.90 Å². The molecule has 1 heterocycles. The highest BCUT2D eigenvalue weighted by atomic mass is 32.1. The predicted molar refractivity (Wildman–Crippen MR) is 43.8 cm³/mol. The van der Waals surface area contributed by atoms with Crippen molar-refractivity contribution in [2.24, 2.45) is 0 Å². The van der Waals surface area contributed by atoms with Gasteiger partial charge in [0.25, 0.3) is 5.01 Å². The average molecular weight is 185 g/mol. The first-order chi connectivity index (χ1) is 5.75. The molecular formula is C8H11NO2S. The van der Waals surface area contributed by atoms with Crippen molar-refractivity contribution in [2.45, 2.75) is 26.3 Å². The van der Waals surface area contributed by atoms with Crippen molar-refractivity contribution in [3.8, 4) is 0 Å². The molecule has 0 fully saturated rings. The van der Waals surface area contributed by atoms with E-state index in [1.54, 1.807) is 16.1 Å². The van der Waals surface area contributed by atoms with Crippen LogP contribution < -0.4 is 9.67 Å². The van der Waals surface area contributed by atoms with Gasteiger partial charge in [-0.15, -0.1) is 0 Å². The van der Waals surface area contributed by atoms with Crippen molar-refractivity contribution in [3.05, 3.63) is 16.6 Å². The number of carbonyl (C=O) groups is 1. The van der Waals surface area contributed by atoms with E-state index in [4.69, 9.17) is 0 Å². The maximum Gasteiger partial charge on any atom is 0.284 e. The molecule has 0 unspecified atom stereocenters. The van der Waals surface area contributed by atoms with Gasteiger partial charge in [-0.1, -0.05) is 24.7 Å². The summed E-state index contributed by atoms with van der Waals surface area (Å²) in [5.74, 6) is -1.08. The van der Waals surface area contributed by atoms with E-state index in [1.807, 2.05) is 0 Å². The molecule has 1 aromatic rings. The predicted octanol–water partition coefficient (Wildman–Crippen LogP) is 0.199. The van der Waals surface area contributed by atoms with Crippen LogP contribution in [0.3, 0.4) is 0 Å². The third-order valence-corrected chi connectivity index (χ3v) is 2.49. The van der Waals surface area contributed by atoms with Crippen molar-refractivity contribution in [3.63, 3.8) is 0 Å². The Kier molecular flexibility index (Phi) is 3.22. The van der Waals surface area contributed by atoms with Gasteiger partial charge in [-0.05, 0) is 0 Å². The molecule has 1 aromatic heterocycles. The summed E-state index contributed by atoms with van der Waals surface area (Å²) in [6, 6.07) is 0. The monoisotopic (exact) mass is 185 g/mol. The molecule has 12 heavy (non-hydrogen) atoms. The Morgan fingerprint density at radius 1 is 1.75 bits per heavy atom. The van der Waals surface area contributed by atoms with Gasteiger partial charge in [-0.2, -0.15) is 4.57 Å². The molecule has 0 aliphatic rings.